The van der Waals surface area contributed by atoms with Crippen LogP contribution in [-0.4, -0.2) is 31.8 Å². The van der Waals surface area contributed by atoms with Crippen LogP contribution in [0.5, 0.6) is 5.88 Å². The van der Waals surface area contributed by atoms with Gasteiger partial charge in [-0.15, -0.1) is 0 Å². The Kier molecular flexibility index (Phi) is 3.38. The number of hydrazine groups is 1. The molecular weight excluding hydrogens is 258 g/mol. The highest BCUT2D eigenvalue weighted by atomic mass is 16.5. The number of pyridine rings is 1. The molecule has 0 amide bonds. The molecule has 0 atom stereocenters. The third kappa shape index (κ3) is 2.50. The van der Waals surface area contributed by atoms with Crippen LogP contribution in [0.3, 0.4) is 0 Å². The van der Waals surface area contributed by atoms with Gasteiger partial charge in [0.25, 0.3) is 0 Å². The molecule has 0 saturated carbocycles. The first-order valence-corrected chi connectivity index (χ1v) is 6.07. The molecule has 3 heterocycles. The van der Waals surface area contributed by atoms with Crippen LogP contribution in [0.1, 0.15) is 5.69 Å². The summed E-state index contributed by atoms with van der Waals surface area (Å²) in [6.45, 7) is 0.457. The van der Waals surface area contributed by atoms with Crippen LogP contribution in [0.25, 0.3) is 11.0 Å². The molecule has 3 aromatic heterocycles. The molecular formula is C12H13N7O. The molecule has 20 heavy (non-hydrogen) atoms. The summed E-state index contributed by atoms with van der Waals surface area (Å²) in [5.74, 6) is 6.03. The average molecular weight is 271 g/mol. The highest BCUT2D eigenvalue weighted by Crippen LogP contribution is 2.21. The molecule has 8 heteroatoms. The molecule has 0 radical (unpaired) electrons. The summed E-state index contributed by atoms with van der Waals surface area (Å²) in [4.78, 5) is 12.5. The first-order chi connectivity index (χ1) is 9.86. The third-order valence-corrected chi connectivity index (χ3v) is 2.73. The smallest absolute Gasteiger partial charge is 0.242 e. The van der Waals surface area contributed by atoms with Crippen LogP contribution < -0.4 is 16.0 Å². The monoisotopic (exact) mass is 271 g/mol. The minimum Gasteiger partial charge on any atom is -0.477 e. The van der Waals surface area contributed by atoms with Gasteiger partial charge < -0.3 is 4.74 Å². The molecule has 0 unspecified atom stereocenters. The van der Waals surface area contributed by atoms with Crippen molar-refractivity contribution >= 4 is 17.0 Å². The topological polar surface area (TPSA) is 115 Å². The number of hydrogen-bond donors (Lipinski definition) is 3. The van der Waals surface area contributed by atoms with Crippen molar-refractivity contribution in [2.45, 2.75) is 6.42 Å². The van der Waals surface area contributed by atoms with Gasteiger partial charge in [-0.05, 0) is 12.1 Å². The van der Waals surface area contributed by atoms with E-state index in [9.17, 15) is 0 Å². The van der Waals surface area contributed by atoms with E-state index in [1.165, 1.54) is 0 Å². The predicted octanol–water partition coefficient (Wildman–Crippen LogP) is 0.655. The number of nitrogens with two attached hydrogens (primary N) is 1. The maximum absolute atomic E-state index is 5.68. The number of nitrogens with zero attached hydrogens (tertiary/aromatic N) is 4. The number of H-pyrrole nitrogens is 1. The van der Waals surface area contributed by atoms with Crippen molar-refractivity contribution in [2.24, 2.45) is 5.84 Å². The van der Waals surface area contributed by atoms with Gasteiger partial charge in [0.1, 0.15) is 5.39 Å². The van der Waals surface area contributed by atoms with E-state index in [1.54, 1.807) is 12.4 Å². The summed E-state index contributed by atoms with van der Waals surface area (Å²) < 4.78 is 5.68. The zero-order chi connectivity index (χ0) is 13.8. The molecule has 0 bridgehead atoms. The maximum atomic E-state index is 5.68. The molecule has 0 aliphatic carbocycles. The molecule has 0 fully saturated rings. The molecule has 4 N–H and O–H groups in total. The Hall–Kier alpha value is -2.74. The number of nitrogen functional groups attached to an aromatic ring is 1. The minimum atomic E-state index is 0.273. The third-order valence-electron chi connectivity index (χ3n) is 2.73. The molecule has 0 aliphatic heterocycles. The van der Waals surface area contributed by atoms with Crippen molar-refractivity contribution in [3.63, 3.8) is 0 Å². The fourth-order valence-electron chi connectivity index (χ4n) is 1.78. The van der Waals surface area contributed by atoms with Crippen LogP contribution in [-0.2, 0) is 6.42 Å². The van der Waals surface area contributed by atoms with Gasteiger partial charge in [0.2, 0.25) is 11.8 Å². The largest absolute Gasteiger partial charge is 0.477 e. The number of ether oxygens (including phenoxy) is 1. The number of rotatable bonds is 5. The van der Waals surface area contributed by atoms with Gasteiger partial charge in [-0.25, -0.2) is 5.84 Å². The van der Waals surface area contributed by atoms with E-state index >= 15 is 0 Å². The van der Waals surface area contributed by atoms with E-state index < -0.39 is 0 Å². The lowest BCUT2D eigenvalue weighted by Gasteiger charge is -2.07. The molecule has 102 valence electrons. The summed E-state index contributed by atoms with van der Waals surface area (Å²) in [5.41, 5.74) is 3.93. The molecule has 0 spiro atoms. The lowest BCUT2D eigenvalue weighted by molar-refractivity contribution is 0.312. The Morgan fingerprint density at radius 2 is 2.25 bits per heavy atom. The Balaban J connectivity index is 1.75. The lowest BCUT2D eigenvalue weighted by atomic mass is 10.3. The minimum absolute atomic E-state index is 0.273. The average Bonchev–Trinajstić information content (AvgIpc) is 2.96. The standard InChI is InChI=1S/C12H13N7O/c13-18-12-16-10-9(7-15-19-10)11(17-12)20-6-4-8-3-1-2-5-14-8/h1-3,5,7H,4,6,13H2,(H2,15,16,17,18,19). The zero-order valence-electron chi connectivity index (χ0n) is 10.6. The van der Waals surface area contributed by atoms with Gasteiger partial charge in [-0.3, -0.25) is 15.5 Å². The predicted molar refractivity (Wildman–Crippen MR) is 72.9 cm³/mol. The SMILES string of the molecule is NNc1nc(OCCc2ccccn2)c2cn[nH]c2n1. The Labute approximate surface area is 114 Å². The van der Waals surface area contributed by atoms with Gasteiger partial charge in [-0.1, -0.05) is 6.07 Å². The van der Waals surface area contributed by atoms with Crippen molar-refractivity contribution < 1.29 is 4.74 Å². The molecule has 3 rings (SSSR count). The number of fused-ring (bicyclic) bond motifs is 1. The van der Waals surface area contributed by atoms with E-state index in [2.05, 4.69) is 30.6 Å². The van der Waals surface area contributed by atoms with E-state index in [0.29, 0.717) is 29.9 Å². The van der Waals surface area contributed by atoms with Crippen LogP contribution in [0.2, 0.25) is 0 Å². The summed E-state index contributed by atoms with van der Waals surface area (Å²) in [6, 6.07) is 5.77. The van der Waals surface area contributed by atoms with Gasteiger partial charge in [0.05, 0.1) is 12.8 Å². The van der Waals surface area contributed by atoms with Crippen molar-refractivity contribution in [1.82, 2.24) is 25.1 Å². The van der Waals surface area contributed by atoms with Gasteiger partial charge in [-0.2, -0.15) is 15.1 Å². The Morgan fingerprint density at radius 1 is 1.30 bits per heavy atom. The number of aromatic amines is 1. The van der Waals surface area contributed by atoms with E-state index in [-0.39, 0.29) is 5.95 Å². The van der Waals surface area contributed by atoms with Crippen LogP contribution in [0.15, 0.2) is 30.6 Å². The number of aromatic nitrogens is 5. The number of nitrogens with one attached hydrogen (secondary N) is 2. The second kappa shape index (κ2) is 5.49. The number of anilines is 1. The van der Waals surface area contributed by atoms with Gasteiger partial charge in [0, 0.05) is 18.3 Å². The zero-order valence-corrected chi connectivity index (χ0v) is 10.6. The highest BCUT2D eigenvalue weighted by Gasteiger charge is 2.10. The summed E-state index contributed by atoms with van der Waals surface area (Å²) in [7, 11) is 0. The fourth-order valence-corrected chi connectivity index (χ4v) is 1.78. The molecule has 0 aromatic carbocycles. The molecule has 8 nitrogen and oxygen atoms in total. The lowest BCUT2D eigenvalue weighted by Crippen LogP contribution is -2.12. The van der Waals surface area contributed by atoms with Crippen molar-refractivity contribution in [2.75, 3.05) is 12.0 Å². The van der Waals surface area contributed by atoms with Gasteiger partial charge >= 0.3 is 0 Å². The van der Waals surface area contributed by atoms with Crippen LogP contribution in [0.4, 0.5) is 5.95 Å². The summed E-state index contributed by atoms with van der Waals surface area (Å²) >= 11 is 0. The van der Waals surface area contributed by atoms with Crippen molar-refractivity contribution in [3.05, 3.63) is 36.3 Å². The number of hydrogen-bond acceptors (Lipinski definition) is 7. The highest BCUT2D eigenvalue weighted by molar-refractivity contribution is 5.80. The van der Waals surface area contributed by atoms with Crippen molar-refractivity contribution in [1.29, 1.82) is 0 Å². The maximum Gasteiger partial charge on any atom is 0.242 e. The second-order valence-electron chi connectivity index (χ2n) is 4.05. The van der Waals surface area contributed by atoms with E-state index in [4.69, 9.17) is 10.6 Å². The van der Waals surface area contributed by atoms with Gasteiger partial charge in [0.15, 0.2) is 5.65 Å². The normalized spacial score (nSPS) is 10.7. The first-order valence-electron chi connectivity index (χ1n) is 6.07. The first kappa shape index (κ1) is 12.3. The summed E-state index contributed by atoms with van der Waals surface area (Å²) in [6.07, 6.45) is 4.06. The Bertz CT molecular complexity index is 697. The van der Waals surface area contributed by atoms with Crippen molar-refractivity contribution in [3.8, 4) is 5.88 Å². The molecule has 0 saturated heterocycles. The Morgan fingerprint density at radius 3 is 3.05 bits per heavy atom. The van der Waals surface area contributed by atoms with E-state index in [1.807, 2.05) is 18.2 Å². The van der Waals surface area contributed by atoms with E-state index in [0.717, 1.165) is 5.69 Å². The van der Waals surface area contributed by atoms with Crippen LogP contribution in [0, 0.1) is 0 Å². The second-order valence-corrected chi connectivity index (χ2v) is 4.05. The molecule has 0 aliphatic rings. The molecule has 3 aromatic rings. The fraction of sp³-hybridized carbons (Fsp3) is 0.167. The quantitative estimate of drug-likeness (QED) is 0.461. The summed E-state index contributed by atoms with van der Waals surface area (Å²) in [5, 5.41) is 7.38. The van der Waals surface area contributed by atoms with Crippen LogP contribution >= 0.6 is 0 Å².